The lowest BCUT2D eigenvalue weighted by Crippen LogP contribution is -2.54. The van der Waals surface area contributed by atoms with Gasteiger partial charge in [-0.1, -0.05) is 38.5 Å². The van der Waals surface area contributed by atoms with Crippen LogP contribution in [0.2, 0.25) is 0 Å². The molecule has 4 atom stereocenters. The van der Waals surface area contributed by atoms with Crippen molar-refractivity contribution in [1.29, 1.82) is 0 Å². The van der Waals surface area contributed by atoms with E-state index < -0.39 is 5.54 Å². The summed E-state index contributed by atoms with van der Waals surface area (Å²) in [4.78, 5) is 28.4. The van der Waals surface area contributed by atoms with Crippen molar-refractivity contribution in [2.24, 2.45) is 5.92 Å². The Kier molecular flexibility index (Phi) is 5.69. The second kappa shape index (κ2) is 8.15. The summed E-state index contributed by atoms with van der Waals surface area (Å²) >= 11 is 0. The maximum Gasteiger partial charge on any atom is 0.332 e. The van der Waals surface area contributed by atoms with E-state index in [-0.39, 0.29) is 36.2 Å². The van der Waals surface area contributed by atoms with Crippen LogP contribution in [0.4, 0.5) is 0 Å². The van der Waals surface area contributed by atoms with Crippen LogP contribution in [0.25, 0.3) is 0 Å². The zero-order valence-electron chi connectivity index (χ0n) is 18.8. The minimum atomic E-state index is -1.08. The van der Waals surface area contributed by atoms with Gasteiger partial charge in [0.1, 0.15) is 5.54 Å². The Hall–Kier alpha value is -2.60. The number of hydrogen-bond donors (Lipinski definition) is 1. The number of likely N-dealkylation sites (tertiary alicyclic amines) is 1. The van der Waals surface area contributed by atoms with E-state index in [9.17, 15) is 14.7 Å². The van der Waals surface area contributed by atoms with Crippen LogP contribution in [-0.2, 0) is 22.5 Å². The van der Waals surface area contributed by atoms with Gasteiger partial charge in [-0.25, -0.2) is 4.79 Å². The monoisotopic (exact) mass is 424 g/mol. The van der Waals surface area contributed by atoms with Crippen LogP contribution in [0.1, 0.15) is 66.3 Å². The normalized spacial score (nSPS) is 26.6. The predicted octanol–water partition coefficient (Wildman–Crippen LogP) is 3.34. The summed E-state index contributed by atoms with van der Waals surface area (Å²) in [5.41, 5.74) is 3.02. The molecular weight excluding hydrogens is 392 g/mol. The van der Waals surface area contributed by atoms with Crippen molar-refractivity contribution in [1.82, 2.24) is 9.47 Å². The predicted molar refractivity (Wildman–Crippen MR) is 118 cm³/mol. The molecule has 0 saturated carbocycles. The summed E-state index contributed by atoms with van der Waals surface area (Å²) < 4.78 is 7.50. The maximum atomic E-state index is 13.5. The lowest BCUT2D eigenvalue weighted by Gasteiger charge is -2.36. The van der Waals surface area contributed by atoms with Crippen molar-refractivity contribution in [2.75, 3.05) is 20.3 Å². The first-order chi connectivity index (χ1) is 14.9. The third kappa shape index (κ3) is 3.11. The van der Waals surface area contributed by atoms with Gasteiger partial charge in [0.25, 0.3) is 5.91 Å². The summed E-state index contributed by atoms with van der Waals surface area (Å²) in [6.45, 7) is 7.31. The molecule has 2 aromatic rings. The standard InChI is InChI=1S/C25H32N2O4/c1-5-9-18-14-19-21-20(16(2)22(19)26(18)12-13-28)15-27(25(21,3)24(30)31-4)23(29)17-10-7-6-8-11-17/h6-8,10-11,14,16,20-21,28H,5,9,12-13,15H2,1-4H3/t16?,20-,21+,25+/m0/s1. The van der Waals surface area contributed by atoms with Crippen LogP contribution >= 0.6 is 0 Å². The van der Waals surface area contributed by atoms with Crippen molar-refractivity contribution in [3.63, 3.8) is 0 Å². The Labute approximate surface area is 183 Å². The Bertz CT molecular complexity index is 983. The van der Waals surface area contributed by atoms with Gasteiger partial charge in [-0.2, -0.15) is 0 Å². The highest BCUT2D eigenvalue weighted by atomic mass is 16.5. The number of aromatic nitrogens is 1. The molecule has 1 unspecified atom stereocenters. The van der Waals surface area contributed by atoms with Crippen molar-refractivity contribution in [3.8, 4) is 0 Å². The van der Waals surface area contributed by atoms with Crippen LogP contribution in [0.15, 0.2) is 36.4 Å². The largest absolute Gasteiger partial charge is 0.467 e. The fraction of sp³-hybridized carbons (Fsp3) is 0.520. The zero-order valence-corrected chi connectivity index (χ0v) is 18.8. The molecule has 6 heteroatoms. The first-order valence-electron chi connectivity index (χ1n) is 11.2. The van der Waals surface area contributed by atoms with Crippen LogP contribution in [0, 0.1) is 5.92 Å². The number of ether oxygens (including phenoxy) is 1. The minimum absolute atomic E-state index is 0.0762. The van der Waals surface area contributed by atoms with Crippen molar-refractivity contribution in [3.05, 3.63) is 58.9 Å². The molecule has 1 aliphatic carbocycles. The molecule has 31 heavy (non-hydrogen) atoms. The van der Waals surface area contributed by atoms with Crippen molar-refractivity contribution < 1.29 is 19.4 Å². The van der Waals surface area contributed by atoms with E-state index >= 15 is 0 Å². The van der Waals surface area contributed by atoms with Gasteiger partial charge in [0.2, 0.25) is 0 Å². The average Bonchev–Trinajstić information content (AvgIpc) is 3.37. The number of benzene rings is 1. The van der Waals surface area contributed by atoms with Crippen molar-refractivity contribution >= 4 is 11.9 Å². The number of aliphatic hydroxyl groups is 1. The van der Waals surface area contributed by atoms with Gasteiger partial charge in [-0.3, -0.25) is 4.79 Å². The smallest absolute Gasteiger partial charge is 0.332 e. The topological polar surface area (TPSA) is 71.8 Å². The molecule has 0 spiro atoms. The molecule has 2 aliphatic rings. The van der Waals surface area contributed by atoms with Crippen molar-refractivity contribution in [2.45, 2.75) is 57.5 Å². The maximum absolute atomic E-state index is 13.5. The Balaban J connectivity index is 1.83. The van der Waals surface area contributed by atoms with Gasteiger partial charge in [0.15, 0.2) is 0 Å². The zero-order chi connectivity index (χ0) is 22.3. The highest BCUT2D eigenvalue weighted by molar-refractivity contribution is 5.99. The van der Waals surface area contributed by atoms with E-state index in [0.29, 0.717) is 18.7 Å². The number of aryl methyl sites for hydroxylation is 1. The Morgan fingerprint density at radius 1 is 1.26 bits per heavy atom. The van der Waals surface area contributed by atoms with Gasteiger partial charge in [-0.05, 0) is 43.0 Å². The first-order valence-corrected chi connectivity index (χ1v) is 11.2. The molecule has 4 rings (SSSR count). The number of aliphatic hydroxyl groups excluding tert-OH is 1. The van der Waals surface area contributed by atoms with Gasteiger partial charge < -0.3 is 19.3 Å². The van der Waals surface area contributed by atoms with E-state index in [2.05, 4.69) is 24.5 Å². The van der Waals surface area contributed by atoms with Gasteiger partial charge in [0.05, 0.1) is 13.7 Å². The summed E-state index contributed by atoms with van der Waals surface area (Å²) in [6, 6.07) is 11.3. The molecular formula is C25H32N2O4. The van der Waals surface area contributed by atoms with Crippen LogP contribution in [0.5, 0.6) is 0 Å². The highest BCUT2D eigenvalue weighted by Gasteiger charge is 2.63. The average molecular weight is 425 g/mol. The molecule has 2 heterocycles. The van der Waals surface area contributed by atoms with E-state index in [0.717, 1.165) is 18.4 Å². The number of esters is 1. The number of hydrogen-bond acceptors (Lipinski definition) is 4. The number of carbonyl (C=O) groups excluding carboxylic acids is 2. The summed E-state index contributed by atoms with van der Waals surface area (Å²) in [7, 11) is 1.39. The number of carbonyl (C=O) groups is 2. The molecule has 166 valence electrons. The lowest BCUT2D eigenvalue weighted by atomic mass is 9.78. The first kappa shape index (κ1) is 21.6. The third-order valence-corrected chi connectivity index (χ3v) is 7.35. The molecule has 1 aromatic carbocycles. The van der Waals surface area contributed by atoms with Crippen LogP contribution < -0.4 is 0 Å². The van der Waals surface area contributed by atoms with Crippen LogP contribution in [0.3, 0.4) is 0 Å². The van der Waals surface area contributed by atoms with Gasteiger partial charge in [-0.15, -0.1) is 0 Å². The molecule has 0 radical (unpaired) electrons. The molecule has 1 saturated heterocycles. The molecule has 1 amide bonds. The molecule has 1 aromatic heterocycles. The van der Waals surface area contributed by atoms with E-state index in [1.807, 2.05) is 25.1 Å². The van der Waals surface area contributed by atoms with E-state index in [1.165, 1.54) is 18.5 Å². The Morgan fingerprint density at radius 2 is 1.97 bits per heavy atom. The minimum Gasteiger partial charge on any atom is -0.467 e. The van der Waals surface area contributed by atoms with E-state index in [1.54, 1.807) is 17.0 Å². The summed E-state index contributed by atoms with van der Waals surface area (Å²) in [6.07, 6.45) is 1.92. The van der Waals surface area contributed by atoms with Gasteiger partial charge >= 0.3 is 5.97 Å². The number of methoxy groups -OCH3 is 1. The number of amides is 1. The van der Waals surface area contributed by atoms with E-state index in [4.69, 9.17) is 4.74 Å². The highest BCUT2D eigenvalue weighted by Crippen LogP contribution is 2.58. The quantitative estimate of drug-likeness (QED) is 0.722. The summed E-state index contributed by atoms with van der Waals surface area (Å²) in [5, 5.41) is 9.67. The third-order valence-electron chi connectivity index (χ3n) is 7.35. The fourth-order valence-electron chi connectivity index (χ4n) is 5.97. The molecule has 0 bridgehead atoms. The molecule has 1 fully saturated rings. The SMILES string of the molecule is CCCc1cc2c(n1CCO)C(C)[C@@H]1CN(C(=O)c3ccccc3)[C@@](C)(C(=O)OC)[C@H]21. The number of fused-ring (bicyclic) bond motifs is 3. The number of nitrogens with zero attached hydrogens (tertiary/aromatic N) is 2. The van der Waals surface area contributed by atoms with Gasteiger partial charge in [0, 0.05) is 41.9 Å². The molecule has 1 aliphatic heterocycles. The van der Waals surface area contributed by atoms with Crippen LogP contribution in [-0.4, -0.2) is 52.3 Å². The number of rotatable bonds is 6. The summed E-state index contributed by atoms with van der Waals surface area (Å²) in [5.74, 6) is -0.346. The second-order valence-corrected chi connectivity index (χ2v) is 8.95. The fourth-order valence-corrected chi connectivity index (χ4v) is 5.97. The lowest BCUT2D eigenvalue weighted by molar-refractivity contribution is -0.151. The molecule has 6 nitrogen and oxygen atoms in total. The molecule has 1 N–H and O–H groups in total. The second-order valence-electron chi connectivity index (χ2n) is 8.95. The Morgan fingerprint density at radius 3 is 2.58 bits per heavy atom.